The Hall–Kier alpha value is -1.64. The van der Waals surface area contributed by atoms with Crippen molar-refractivity contribution in [2.75, 3.05) is 16.4 Å². The zero-order chi connectivity index (χ0) is 16.8. The molecule has 122 valence electrons. The lowest BCUT2D eigenvalue weighted by Gasteiger charge is -2.08. The van der Waals surface area contributed by atoms with Crippen LogP contribution in [0.3, 0.4) is 0 Å². The molecule has 2 N–H and O–H groups in total. The van der Waals surface area contributed by atoms with Crippen LogP contribution in [-0.2, 0) is 9.59 Å². The lowest BCUT2D eigenvalue weighted by Crippen LogP contribution is -2.14. The van der Waals surface area contributed by atoms with Crippen LogP contribution in [0.5, 0.6) is 0 Å². The largest absolute Gasteiger partial charge is 0.325 e. The van der Waals surface area contributed by atoms with Gasteiger partial charge in [0.25, 0.3) is 0 Å². The zero-order valence-corrected chi connectivity index (χ0v) is 14.9. The van der Waals surface area contributed by atoms with Crippen molar-refractivity contribution < 1.29 is 9.59 Å². The summed E-state index contributed by atoms with van der Waals surface area (Å²) in [6.45, 7) is 3.60. The normalized spacial score (nSPS) is 10.4. The number of thioether (sulfide) groups is 1. The summed E-state index contributed by atoms with van der Waals surface area (Å²) in [5.41, 5.74) is 1.52. The minimum atomic E-state index is -0.158. The van der Waals surface area contributed by atoms with E-state index in [1.165, 1.54) is 23.1 Å². The fourth-order valence-corrected chi connectivity index (χ4v) is 3.33. The smallest absolute Gasteiger partial charge is 0.234 e. The molecule has 9 heteroatoms. The van der Waals surface area contributed by atoms with Crippen LogP contribution in [0.15, 0.2) is 22.5 Å². The number of carbonyl (C=O) groups excluding carboxylic acids is 2. The number of halogens is 1. The van der Waals surface area contributed by atoms with Crippen molar-refractivity contribution in [2.24, 2.45) is 0 Å². The molecule has 0 unspecified atom stereocenters. The van der Waals surface area contributed by atoms with Crippen molar-refractivity contribution in [3.8, 4) is 0 Å². The number of amides is 2. The number of benzene rings is 1. The van der Waals surface area contributed by atoms with Crippen molar-refractivity contribution in [1.29, 1.82) is 0 Å². The topological polar surface area (TPSA) is 84.0 Å². The Labute approximate surface area is 147 Å². The first-order valence-electron chi connectivity index (χ1n) is 6.80. The second-order valence-corrected chi connectivity index (χ2v) is 7.13. The highest BCUT2D eigenvalue weighted by molar-refractivity contribution is 8.01. The average Bonchev–Trinajstić information content (AvgIpc) is 2.97. The third-order valence-corrected chi connectivity index (χ3v) is 5.22. The molecule has 0 saturated heterocycles. The van der Waals surface area contributed by atoms with Gasteiger partial charge in [-0.1, -0.05) is 47.7 Å². The zero-order valence-electron chi connectivity index (χ0n) is 12.6. The van der Waals surface area contributed by atoms with Gasteiger partial charge in [-0.3, -0.25) is 9.59 Å². The van der Waals surface area contributed by atoms with Crippen molar-refractivity contribution in [2.45, 2.75) is 24.6 Å². The number of hydrogen-bond acceptors (Lipinski definition) is 6. The number of nitrogens with zero attached hydrogens (tertiary/aromatic N) is 2. The fourth-order valence-electron chi connectivity index (χ4n) is 1.58. The van der Waals surface area contributed by atoms with E-state index in [0.29, 0.717) is 26.6 Å². The summed E-state index contributed by atoms with van der Waals surface area (Å²) in [7, 11) is 0. The standard InChI is InChI=1S/C14H15ClN4O2S2/c1-3-11(20)17-13-18-19-14(23-13)22-7-12(21)16-10-6-4-5-9(15)8(10)2/h4-6H,3,7H2,1-2H3,(H,16,21)(H,17,18,20). The summed E-state index contributed by atoms with van der Waals surface area (Å²) in [4.78, 5) is 23.3. The second kappa shape index (κ2) is 8.28. The first kappa shape index (κ1) is 17.7. The molecule has 0 aliphatic rings. The molecule has 2 amide bonds. The third-order valence-electron chi connectivity index (χ3n) is 2.84. The molecule has 0 aliphatic heterocycles. The van der Waals surface area contributed by atoms with Crippen molar-refractivity contribution in [3.05, 3.63) is 28.8 Å². The minimum absolute atomic E-state index is 0.119. The van der Waals surface area contributed by atoms with E-state index >= 15 is 0 Å². The predicted octanol–water partition coefficient (Wildman–Crippen LogP) is 3.58. The molecule has 1 heterocycles. The number of hydrogen-bond donors (Lipinski definition) is 2. The molecule has 0 fully saturated rings. The fraction of sp³-hybridized carbons (Fsp3) is 0.286. The highest BCUT2D eigenvalue weighted by Gasteiger charge is 2.11. The van der Waals surface area contributed by atoms with E-state index in [2.05, 4.69) is 20.8 Å². The molecule has 0 atom stereocenters. The van der Waals surface area contributed by atoms with Crippen LogP contribution in [0.25, 0.3) is 0 Å². The van der Waals surface area contributed by atoms with Crippen LogP contribution in [0.1, 0.15) is 18.9 Å². The van der Waals surface area contributed by atoms with Gasteiger partial charge in [-0.05, 0) is 24.6 Å². The Balaban J connectivity index is 1.87. The summed E-state index contributed by atoms with van der Waals surface area (Å²) >= 11 is 8.52. The molecule has 23 heavy (non-hydrogen) atoms. The number of nitrogens with one attached hydrogen (secondary N) is 2. The Kier molecular flexibility index (Phi) is 6.37. The maximum atomic E-state index is 12.0. The van der Waals surface area contributed by atoms with Gasteiger partial charge < -0.3 is 10.6 Å². The summed E-state index contributed by atoms with van der Waals surface area (Å²) in [5, 5.41) is 14.3. The maximum absolute atomic E-state index is 12.0. The highest BCUT2D eigenvalue weighted by Crippen LogP contribution is 2.26. The lowest BCUT2D eigenvalue weighted by atomic mass is 10.2. The predicted molar refractivity (Wildman–Crippen MR) is 94.4 cm³/mol. The van der Waals surface area contributed by atoms with Crippen molar-refractivity contribution in [1.82, 2.24) is 10.2 Å². The van der Waals surface area contributed by atoms with Crippen molar-refractivity contribution in [3.63, 3.8) is 0 Å². The number of carbonyl (C=O) groups is 2. The Morgan fingerprint density at radius 2 is 2.04 bits per heavy atom. The molecule has 0 saturated carbocycles. The molecule has 6 nitrogen and oxygen atoms in total. The van der Waals surface area contributed by atoms with Crippen LogP contribution in [0, 0.1) is 6.92 Å². The van der Waals surface area contributed by atoms with Gasteiger partial charge in [-0.2, -0.15) is 0 Å². The van der Waals surface area contributed by atoms with Crippen LogP contribution in [0.2, 0.25) is 5.02 Å². The molecule has 1 aromatic carbocycles. The van der Waals surface area contributed by atoms with Crippen LogP contribution >= 0.6 is 34.7 Å². The van der Waals surface area contributed by atoms with E-state index in [4.69, 9.17) is 11.6 Å². The van der Waals surface area contributed by atoms with E-state index in [1.54, 1.807) is 25.1 Å². The number of anilines is 2. The van der Waals surface area contributed by atoms with E-state index in [0.717, 1.165) is 5.56 Å². The molecule has 0 radical (unpaired) electrons. The van der Waals surface area contributed by atoms with Gasteiger partial charge in [-0.25, -0.2) is 0 Å². The molecular weight excluding hydrogens is 356 g/mol. The van der Waals surface area contributed by atoms with Gasteiger partial charge in [-0.15, -0.1) is 10.2 Å². The van der Waals surface area contributed by atoms with E-state index in [-0.39, 0.29) is 17.6 Å². The van der Waals surface area contributed by atoms with Crippen LogP contribution in [0.4, 0.5) is 10.8 Å². The quantitative estimate of drug-likeness (QED) is 0.599. The van der Waals surface area contributed by atoms with Gasteiger partial charge in [0.2, 0.25) is 16.9 Å². The highest BCUT2D eigenvalue weighted by atomic mass is 35.5. The molecule has 2 aromatic rings. The molecule has 1 aromatic heterocycles. The average molecular weight is 371 g/mol. The maximum Gasteiger partial charge on any atom is 0.234 e. The summed E-state index contributed by atoms with van der Waals surface area (Å²) < 4.78 is 0.620. The van der Waals surface area contributed by atoms with Gasteiger partial charge >= 0.3 is 0 Å². The van der Waals surface area contributed by atoms with E-state index in [1.807, 2.05) is 6.92 Å². The molecule has 0 spiro atoms. The molecule has 0 bridgehead atoms. The van der Waals surface area contributed by atoms with Crippen LogP contribution < -0.4 is 10.6 Å². The van der Waals surface area contributed by atoms with Gasteiger partial charge in [0, 0.05) is 17.1 Å². The van der Waals surface area contributed by atoms with Gasteiger partial charge in [0.1, 0.15) is 0 Å². The van der Waals surface area contributed by atoms with Gasteiger partial charge in [0.15, 0.2) is 4.34 Å². The van der Waals surface area contributed by atoms with E-state index in [9.17, 15) is 9.59 Å². The second-order valence-electron chi connectivity index (χ2n) is 4.52. The van der Waals surface area contributed by atoms with E-state index < -0.39 is 0 Å². The number of aromatic nitrogens is 2. The summed E-state index contributed by atoms with van der Waals surface area (Å²) in [5.74, 6) is -0.0796. The molecule has 2 rings (SSSR count). The molecule has 0 aliphatic carbocycles. The minimum Gasteiger partial charge on any atom is -0.325 e. The Bertz CT molecular complexity index is 721. The Morgan fingerprint density at radius 3 is 2.78 bits per heavy atom. The number of rotatable bonds is 6. The SMILES string of the molecule is CCC(=O)Nc1nnc(SCC(=O)Nc2cccc(Cl)c2C)s1. The van der Waals surface area contributed by atoms with Crippen LogP contribution in [-0.4, -0.2) is 27.8 Å². The first-order chi connectivity index (χ1) is 11.0. The Morgan fingerprint density at radius 1 is 1.26 bits per heavy atom. The first-order valence-corrected chi connectivity index (χ1v) is 8.98. The van der Waals surface area contributed by atoms with Crippen molar-refractivity contribution >= 4 is 57.3 Å². The third kappa shape index (κ3) is 5.19. The summed E-state index contributed by atoms with van der Waals surface area (Å²) in [6, 6.07) is 5.35. The lowest BCUT2D eigenvalue weighted by molar-refractivity contribution is -0.116. The monoisotopic (exact) mass is 370 g/mol. The molecular formula is C14H15ClN4O2S2. The van der Waals surface area contributed by atoms with Gasteiger partial charge in [0.05, 0.1) is 5.75 Å². The summed E-state index contributed by atoms with van der Waals surface area (Å²) in [6.07, 6.45) is 0.378.